The van der Waals surface area contributed by atoms with Crippen LogP contribution in [0.4, 0.5) is 13.2 Å². The number of esters is 1. The number of carbonyl (C=O) groups is 1. The first kappa shape index (κ1) is 13.6. The summed E-state index contributed by atoms with van der Waals surface area (Å²) >= 11 is 5.68. The maximum absolute atomic E-state index is 13.0. The third-order valence-corrected chi connectivity index (χ3v) is 2.71. The van der Waals surface area contributed by atoms with Gasteiger partial charge in [0.1, 0.15) is 5.69 Å². The second-order valence-electron chi connectivity index (χ2n) is 3.71. The molecular formula is C12H7ClF3NO2. The number of methoxy groups -OCH3 is 1. The summed E-state index contributed by atoms with van der Waals surface area (Å²) in [5, 5.41) is -0.00160. The van der Waals surface area contributed by atoms with Gasteiger partial charge in [-0.2, -0.15) is 13.2 Å². The van der Waals surface area contributed by atoms with Gasteiger partial charge < -0.3 is 4.74 Å². The fourth-order valence-corrected chi connectivity index (χ4v) is 1.81. The number of ether oxygens (including phenoxy) is 1. The van der Waals surface area contributed by atoms with Crippen molar-refractivity contribution in [1.82, 2.24) is 4.98 Å². The Labute approximate surface area is 111 Å². The largest absolute Gasteiger partial charge is 0.464 e. The molecule has 0 saturated carbocycles. The van der Waals surface area contributed by atoms with E-state index in [0.717, 1.165) is 13.2 Å². The maximum atomic E-state index is 13.0. The van der Waals surface area contributed by atoms with E-state index in [2.05, 4.69) is 9.72 Å². The number of pyridine rings is 1. The zero-order valence-electron chi connectivity index (χ0n) is 9.58. The molecule has 3 nitrogen and oxygen atoms in total. The maximum Gasteiger partial charge on any atom is 0.417 e. The van der Waals surface area contributed by atoms with Crippen LogP contribution in [0.3, 0.4) is 0 Å². The van der Waals surface area contributed by atoms with E-state index >= 15 is 0 Å². The fourth-order valence-electron chi connectivity index (χ4n) is 1.64. The van der Waals surface area contributed by atoms with Crippen LogP contribution in [0.15, 0.2) is 24.3 Å². The van der Waals surface area contributed by atoms with Gasteiger partial charge in [-0.3, -0.25) is 0 Å². The van der Waals surface area contributed by atoms with Gasteiger partial charge in [0.15, 0.2) is 0 Å². The SMILES string of the molecule is COC(=O)c1cc(C(F)(F)F)c2cc(Cl)ccc2n1. The van der Waals surface area contributed by atoms with Crippen molar-refractivity contribution in [2.75, 3.05) is 7.11 Å². The lowest BCUT2D eigenvalue weighted by molar-refractivity contribution is -0.136. The Balaban J connectivity index is 2.80. The molecule has 100 valence electrons. The van der Waals surface area contributed by atoms with E-state index < -0.39 is 23.4 Å². The Morgan fingerprint density at radius 1 is 1.32 bits per heavy atom. The second-order valence-corrected chi connectivity index (χ2v) is 4.14. The molecular weight excluding hydrogens is 283 g/mol. The van der Waals surface area contributed by atoms with Crippen LogP contribution in [0.25, 0.3) is 10.9 Å². The van der Waals surface area contributed by atoms with Crippen molar-refractivity contribution >= 4 is 28.5 Å². The molecule has 7 heteroatoms. The molecule has 2 rings (SSSR count). The number of carbonyl (C=O) groups excluding carboxylic acids is 1. The predicted octanol–water partition coefficient (Wildman–Crippen LogP) is 3.69. The first-order valence-electron chi connectivity index (χ1n) is 5.09. The highest BCUT2D eigenvalue weighted by Crippen LogP contribution is 2.35. The second kappa shape index (κ2) is 4.70. The lowest BCUT2D eigenvalue weighted by Gasteiger charge is -2.11. The molecule has 0 bridgehead atoms. The Morgan fingerprint density at radius 3 is 2.58 bits per heavy atom. The molecule has 0 aliphatic carbocycles. The average Bonchev–Trinajstić information content (AvgIpc) is 2.35. The predicted molar refractivity (Wildman–Crippen MR) is 63.1 cm³/mol. The summed E-state index contributed by atoms with van der Waals surface area (Å²) in [6.45, 7) is 0. The van der Waals surface area contributed by atoms with Crippen molar-refractivity contribution < 1.29 is 22.7 Å². The van der Waals surface area contributed by atoms with Crippen LogP contribution in [0, 0.1) is 0 Å². The molecule has 0 N–H and O–H groups in total. The van der Waals surface area contributed by atoms with E-state index in [4.69, 9.17) is 11.6 Å². The van der Waals surface area contributed by atoms with Crippen LogP contribution in [0.1, 0.15) is 16.1 Å². The average molecular weight is 290 g/mol. The summed E-state index contributed by atoms with van der Waals surface area (Å²) in [5.41, 5.74) is -1.34. The van der Waals surface area contributed by atoms with Gasteiger partial charge in [-0.25, -0.2) is 9.78 Å². The van der Waals surface area contributed by atoms with Gasteiger partial charge in [0.2, 0.25) is 0 Å². The van der Waals surface area contributed by atoms with Crippen molar-refractivity contribution in [2.24, 2.45) is 0 Å². The van der Waals surface area contributed by atoms with Crippen molar-refractivity contribution in [3.05, 3.63) is 40.5 Å². The minimum Gasteiger partial charge on any atom is -0.464 e. The highest BCUT2D eigenvalue weighted by Gasteiger charge is 2.34. The Morgan fingerprint density at radius 2 is 2.00 bits per heavy atom. The van der Waals surface area contributed by atoms with Crippen LogP contribution >= 0.6 is 11.6 Å². The standard InChI is InChI=1S/C12H7ClF3NO2/c1-19-11(18)10-5-8(12(14,15)16)7-4-6(13)2-3-9(7)17-10/h2-5H,1H3. The molecule has 1 aromatic heterocycles. The number of fused-ring (bicyclic) bond motifs is 1. The number of nitrogens with zero attached hydrogens (tertiary/aromatic N) is 1. The van der Waals surface area contributed by atoms with E-state index in [9.17, 15) is 18.0 Å². The molecule has 0 amide bonds. The first-order chi connectivity index (χ1) is 8.82. The smallest absolute Gasteiger partial charge is 0.417 e. The summed E-state index contributed by atoms with van der Waals surface area (Å²) < 4.78 is 43.3. The molecule has 0 aliphatic heterocycles. The molecule has 0 fully saturated rings. The van der Waals surface area contributed by atoms with Crippen molar-refractivity contribution in [2.45, 2.75) is 6.18 Å². The number of benzene rings is 1. The third kappa shape index (κ3) is 2.63. The van der Waals surface area contributed by atoms with E-state index in [1.54, 1.807) is 0 Å². The Kier molecular flexibility index (Phi) is 3.36. The van der Waals surface area contributed by atoms with Crippen LogP contribution in [-0.2, 0) is 10.9 Å². The van der Waals surface area contributed by atoms with Crippen LogP contribution < -0.4 is 0 Å². The molecule has 0 spiro atoms. The summed E-state index contributed by atoms with van der Waals surface area (Å²) in [5.74, 6) is -0.928. The van der Waals surface area contributed by atoms with Crippen molar-refractivity contribution in [3.63, 3.8) is 0 Å². The van der Waals surface area contributed by atoms with Gasteiger partial charge in [-0.15, -0.1) is 0 Å². The van der Waals surface area contributed by atoms with Gasteiger partial charge in [-0.05, 0) is 24.3 Å². The number of hydrogen-bond donors (Lipinski definition) is 0. The van der Waals surface area contributed by atoms with Crippen LogP contribution in [0.2, 0.25) is 5.02 Å². The Hall–Kier alpha value is -1.82. The summed E-state index contributed by atoms with van der Waals surface area (Å²) in [6.07, 6.45) is -4.62. The molecule has 1 heterocycles. The molecule has 19 heavy (non-hydrogen) atoms. The monoisotopic (exact) mass is 289 g/mol. The van der Waals surface area contributed by atoms with Gasteiger partial charge in [0.05, 0.1) is 18.2 Å². The van der Waals surface area contributed by atoms with E-state index in [-0.39, 0.29) is 15.9 Å². The third-order valence-electron chi connectivity index (χ3n) is 2.47. The number of aromatic nitrogens is 1. The topological polar surface area (TPSA) is 39.2 Å². The quantitative estimate of drug-likeness (QED) is 0.752. The first-order valence-corrected chi connectivity index (χ1v) is 5.46. The summed E-state index contributed by atoms with van der Waals surface area (Å²) in [6, 6.07) is 4.54. The van der Waals surface area contributed by atoms with Gasteiger partial charge in [-0.1, -0.05) is 11.6 Å². The van der Waals surface area contributed by atoms with Crippen molar-refractivity contribution in [3.8, 4) is 0 Å². The van der Waals surface area contributed by atoms with Gasteiger partial charge >= 0.3 is 12.1 Å². The zero-order valence-corrected chi connectivity index (χ0v) is 10.3. The van der Waals surface area contributed by atoms with E-state index in [1.807, 2.05) is 0 Å². The Bertz CT molecular complexity index is 655. The summed E-state index contributed by atoms with van der Waals surface area (Å²) in [7, 11) is 1.07. The molecule has 0 atom stereocenters. The minimum absolute atomic E-state index is 0.0274. The van der Waals surface area contributed by atoms with Crippen LogP contribution in [0.5, 0.6) is 0 Å². The molecule has 0 radical (unpaired) electrons. The molecule has 1 aromatic carbocycles. The molecule has 0 unspecified atom stereocenters. The molecule has 0 aliphatic rings. The molecule has 0 saturated heterocycles. The van der Waals surface area contributed by atoms with Gasteiger partial charge in [0, 0.05) is 10.4 Å². The highest BCUT2D eigenvalue weighted by molar-refractivity contribution is 6.31. The van der Waals surface area contributed by atoms with Crippen LogP contribution in [-0.4, -0.2) is 18.1 Å². The normalized spacial score (nSPS) is 11.6. The summed E-state index contributed by atoms with van der Waals surface area (Å²) in [4.78, 5) is 15.2. The number of alkyl halides is 3. The van der Waals surface area contributed by atoms with E-state index in [0.29, 0.717) is 6.07 Å². The number of halogens is 4. The molecule has 2 aromatic rings. The number of rotatable bonds is 1. The fraction of sp³-hybridized carbons (Fsp3) is 0.167. The minimum atomic E-state index is -4.62. The number of hydrogen-bond acceptors (Lipinski definition) is 3. The lowest BCUT2D eigenvalue weighted by Crippen LogP contribution is -2.11. The zero-order chi connectivity index (χ0) is 14.2. The van der Waals surface area contributed by atoms with Gasteiger partial charge in [0.25, 0.3) is 0 Å². The van der Waals surface area contributed by atoms with Crippen molar-refractivity contribution in [1.29, 1.82) is 0 Å². The highest BCUT2D eigenvalue weighted by atomic mass is 35.5. The van der Waals surface area contributed by atoms with E-state index in [1.165, 1.54) is 12.1 Å². The lowest BCUT2D eigenvalue weighted by atomic mass is 10.1.